The van der Waals surface area contributed by atoms with Gasteiger partial charge in [0, 0.05) is 6.42 Å². The third kappa shape index (κ3) is 4.19. The molecular weight excluding hydrogens is 289 g/mol. The highest BCUT2D eigenvalue weighted by atomic mass is 19.1. The molecule has 23 heavy (non-hydrogen) atoms. The van der Waals surface area contributed by atoms with Gasteiger partial charge in [-0.1, -0.05) is 49.4 Å². The molecule has 0 spiro atoms. The van der Waals surface area contributed by atoms with Gasteiger partial charge in [-0.05, 0) is 47.9 Å². The molecule has 2 aromatic rings. The standard InChI is InChI=1S/C20H22FNO/c1-14-13-18(14)20(16-5-3-2-4-6-16)22-19(23)12-9-15-7-10-17(21)11-8-15/h2-8,10-11,14,18,20H,9,12-13H2,1H3,(H,22,23). The van der Waals surface area contributed by atoms with Crippen LogP contribution in [-0.2, 0) is 11.2 Å². The maximum Gasteiger partial charge on any atom is 0.220 e. The molecule has 3 rings (SSSR count). The maximum absolute atomic E-state index is 12.9. The van der Waals surface area contributed by atoms with Crippen molar-refractivity contribution in [2.45, 2.75) is 32.2 Å². The molecule has 2 aromatic carbocycles. The molecule has 1 N–H and O–H groups in total. The van der Waals surface area contributed by atoms with Crippen LogP contribution in [0.15, 0.2) is 54.6 Å². The summed E-state index contributed by atoms with van der Waals surface area (Å²) in [7, 11) is 0. The quantitative estimate of drug-likeness (QED) is 0.848. The number of amides is 1. The zero-order valence-corrected chi connectivity index (χ0v) is 13.3. The van der Waals surface area contributed by atoms with E-state index < -0.39 is 0 Å². The number of halogens is 1. The van der Waals surface area contributed by atoms with E-state index in [0.717, 1.165) is 12.0 Å². The van der Waals surface area contributed by atoms with Crippen molar-refractivity contribution in [3.05, 3.63) is 71.5 Å². The first-order valence-electron chi connectivity index (χ1n) is 8.22. The lowest BCUT2D eigenvalue weighted by atomic mass is 10.0. The number of nitrogens with one attached hydrogen (secondary N) is 1. The van der Waals surface area contributed by atoms with Crippen LogP contribution in [0.3, 0.4) is 0 Å². The lowest BCUT2D eigenvalue weighted by Gasteiger charge is -2.19. The largest absolute Gasteiger partial charge is 0.349 e. The fourth-order valence-electron chi connectivity index (χ4n) is 3.07. The molecular formula is C20H22FNO. The van der Waals surface area contributed by atoms with Crippen LogP contribution in [0.1, 0.15) is 36.9 Å². The normalized spacial score (nSPS) is 20.8. The van der Waals surface area contributed by atoms with Crippen LogP contribution in [0.5, 0.6) is 0 Å². The van der Waals surface area contributed by atoms with Gasteiger partial charge >= 0.3 is 0 Å². The number of hydrogen-bond acceptors (Lipinski definition) is 1. The minimum atomic E-state index is -0.245. The zero-order chi connectivity index (χ0) is 16.2. The molecule has 1 aliphatic rings. The Morgan fingerprint density at radius 3 is 2.43 bits per heavy atom. The zero-order valence-electron chi connectivity index (χ0n) is 13.3. The monoisotopic (exact) mass is 311 g/mol. The molecule has 3 atom stereocenters. The summed E-state index contributed by atoms with van der Waals surface area (Å²) in [5.74, 6) is 1.01. The summed E-state index contributed by atoms with van der Waals surface area (Å²) in [5, 5.41) is 3.19. The van der Waals surface area contributed by atoms with E-state index in [1.54, 1.807) is 12.1 Å². The van der Waals surface area contributed by atoms with Gasteiger partial charge in [0.15, 0.2) is 0 Å². The average molecular weight is 311 g/mol. The predicted octanol–water partition coefficient (Wildman–Crippen LogP) is 4.27. The second-order valence-corrected chi connectivity index (χ2v) is 6.46. The summed E-state index contributed by atoms with van der Waals surface area (Å²) in [6, 6.07) is 16.6. The van der Waals surface area contributed by atoms with Crippen LogP contribution in [0, 0.1) is 17.7 Å². The fraction of sp³-hybridized carbons (Fsp3) is 0.350. The average Bonchev–Trinajstić information content (AvgIpc) is 3.29. The lowest BCUT2D eigenvalue weighted by molar-refractivity contribution is -0.122. The van der Waals surface area contributed by atoms with Crippen LogP contribution in [0.2, 0.25) is 0 Å². The Balaban J connectivity index is 1.59. The maximum atomic E-state index is 12.9. The molecule has 3 unspecified atom stereocenters. The first-order valence-corrected chi connectivity index (χ1v) is 8.22. The summed E-state index contributed by atoms with van der Waals surface area (Å²) in [4.78, 5) is 12.3. The Bertz CT molecular complexity index is 653. The van der Waals surface area contributed by atoms with Crippen molar-refractivity contribution in [1.29, 1.82) is 0 Å². The van der Waals surface area contributed by atoms with E-state index in [2.05, 4.69) is 24.4 Å². The van der Waals surface area contributed by atoms with Crippen molar-refractivity contribution < 1.29 is 9.18 Å². The Morgan fingerprint density at radius 2 is 1.83 bits per heavy atom. The molecule has 2 nitrogen and oxygen atoms in total. The summed E-state index contributed by atoms with van der Waals surface area (Å²) in [6.07, 6.45) is 2.22. The third-order valence-corrected chi connectivity index (χ3v) is 4.63. The number of benzene rings is 2. The fourth-order valence-corrected chi connectivity index (χ4v) is 3.07. The Labute approximate surface area is 136 Å². The minimum absolute atomic E-state index is 0.0577. The van der Waals surface area contributed by atoms with Crippen molar-refractivity contribution >= 4 is 5.91 Å². The number of aryl methyl sites for hydroxylation is 1. The van der Waals surface area contributed by atoms with Crippen molar-refractivity contribution in [3.8, 4) is 0 Å². The van der Waals surface area contributed by atoms with E-state index in [4.69, 9.17) is 0 Å². The molecule has 0 saturated heterocycles. The van der Waals surface area contributed by atoms with Crippen LogP contribution >= 0.6 is 0 Å². The third-order valence-electron chi connectivity index (χ3n) is 4.63. The van der Waals surface area contributed by atoms with E-state index >= 15 is 0 Å². The summed E-state index contributed by atoms with van der Waals surface area (Å²) in [6.45, 7) is 2.23. The van der Waals surface area contributed by atoms with Gasteiger partial charge in [0.2, 0.25) is 5.91 Å². The second kappa shape index (κ2) is 6.95. The van der Waals surface area contributed by atoms with Crippen LogP contribution in [-0.4, -0.2) is 5.91 Å². The van der Waals surface area contributed by atoms with E-state index in [9.17, 15) is 9.18 Å². The van der Waals surface area contributed by atoms with Crippen molar-refractivity contribution in [2.24, 2.45) is 11.8 Å². The Morgan fingerprint density at radius 1 is 1.17 bits per heavy atom. The predicted molar refractivity (Wildman–Crippen MR) is 89.3 cm³/mol. The molecule has 3 heteroatoms. The van der Waals surface area contributed by atoms with Crippen molar-refractivity contribution in [2.75, 3.05) is 0 Å². The van der Waals surface area contributed by atoms with Crippen LogP contribution in [0.25, 0.3) is 0 Å². The summed E-state index contributed by atoms with van der Waals surface area (Å²) in [5.41, 5.74) is 2.16. The first-order chi connectivity index (χ1) is 11.1. The summed E-state index contributed by atoms with van der Waals surface area (Å²) >= 11 is 0. The molecule has 1 amide bonds. The van der Waals surface area contributed by atoms with Gasteiger partial charge < -0.3 is 5.32 Å². The number of carbonyl (C=O) groups excluding carboxylic acids is 1. The second-order valence-electron chi connectivity index (χ2n) is 6.46. The SMILES string of the molecule is CC1CC1C(NC(=O)CCc1ccc(F)cc1)c1ccccc1. The number of carbonyl (C=O) groups is 1. The van der Waals surface area contributed by atoms with Crippen LogP contribution in [0.4, 0.5) is 4.39 Å². The van der Waals surface area contributed by atoms with Gasteiger partial charge in [0.25, 0.3) is 0 Å². The topological polar surface area (TPSA) is 29.1 Å². The summed E-state index contributed by atoms with van der Waals surface area (Å²) < 4.78 is 12.9. The minimum Gasteiger partial charge on any atom is -0.349 e. The smallest absolute Gasteiger partial charge is 0.220 e. The van der Waals surface area contributed by atoms with Gasteiger partial charge in [-0.3, -0.25) is 4.79 Å². The Kier molecular flexibility index (Phi) is 4.75. The molecule has 0 radical (unpaired) electrons. The van der Waals surface area contributed by atoms with Crippen LogP contribution < -0.4 is 5.32 Å². The molecule has 0 heterocycles. The number of hydrogen-bond donors (Lipinski definition) is 1. The first kappa shape index (κ1) is 15.7. The highest BCUT2D eigenvalue weighted by Crippen LogP contribution is 2.46. The highest BCUT2D eigenvalue weighted by Gasteiger charge is 2.40. The van der Waals surface area contributed by atoms with Gasteiger partial charge in [-0.25, -0.2) is 4.39 Å². The lowest BCUT2D eigenvalue weighted by Crippen LogP contribution is -2.30. The molecule has 1 fully saturated rings. The highest BCUT2D eigenvalue weighted by molar-refractivity contribution is 5.76. The molecule has 1 saturated carbocycles. The van der Waals surface area contributed by atoms with Gasteiger partial charge in [-0.2, -0.15) is 0 Å². The van der Waals surface area contributed by atoms with E-state index in [-0.39, 0.29) is 17.8 Å². The molecule has 120 valence electrons. The van der Waals surface area contributed by atoms with Crippen molar-refractivity contribution in [1.82, 2.24) is 5.32 Å². The van der Waals surface area contributed by atoms with E-state index in [0.29, 0.717) is 24.7 Å². The van der Waals surface area contributed by atoms with Gasteiger partial charge in [-0.15, -0.1) is 0 Å². The molecule has 0 bridgehead atoms. The molecule has 0 aliphatic heterocycles. The molecule has 1 aliphatic carbocycles. The van der Waals surface area contributed by atoms with Gasteiger partial charge in [0.1, 0.15) is 5.82 Å². The van der Waals surface area contributed by atoms with Gasteiger partial charge in [0.05, 0.1) is 6.04 Å². The van der Waals surface area contributed by atoms with E-state index in [1.807, 2.05) is 18.2 Å². The van der Waals surface area contributed by atoms with Crippen molar-refractivity contribution in [3.63, 3.8) is 0 Å². The van der Waals surface area contributed by atoms with E-state index in [1.165, 1.54) is 17.7 Å². The number of rotatable bonds is 6. The molecule has 0 aromatic heterocycles. The Hall–Kier alpha value is -2.16.